The average Bonchev–Trinajstić information content (AvgIpc) is 3.27. The molecule has 3 atom stereocenters. The van der Waals surface area contributed by atoms with Gasteiger partial charge in [-0.25, -0.2) is 0 Å². The molecule has 0 bridgehead atoms. The van der Waals surface area contributed by atoms with Gasteiger partial charge in [0.25, 0.3) is 0 Å². The first-order chi connectivity index (χ1) is 10.3. The molecule has 2 rings (SSSR count). The quantitative estimate of drug-likeness (QED) is 0.809. The van der Waals surface area contributed by atoms with Crippen LogP contribution in [0.4, 0.5) is 0 Å². The van der Waals surface area contributed by atoms with Gasteiger partial charge in [0.2, 0.25) is 5.91 Å². The van der Waals surface area contributed by atoms with Crippen molar-refractivity contribution in [2.75, 3.05) is 13.1 Å². The van der Waals surface area contributed by atoms with Gasteiger partial charge in [-0.05, 0) is 44.4 Å². The fourth-order valence-corrected chi connectivity index (χ4v) is 3.66. The van der Waals surface area contributed by atoms with Crippen molar-refractivity contribution >= 4 is 5.91 Å². The van der Waals surface area contributed by atoms with Gasteiger partial charge in [-0.3, -0.25) is 9.69 Å². The van der Waals surface area contributed by atoms with E-state index in [-0.39, 0.29) is 11.3 Å². The van der Waals surface area contributed by atoms with Crippen LogP contribution in [0.5, 0.6) is 0 Å². The van der Waals surface area contributed by atoms with E-state index in [0.29, 0.717) is 12.1 Å². The van der Waals surface area contributed by atoms with Crippen LogP contribution >= 0.6 is 0 Å². The summed E-state index contributed by atoms with van der Waals surface area (Å²) in [7, 11) is 0. The lowest BCUT2D eigenvalue weighted by Gasteiger charge is -2.42. The normalized spacial score (nSPS) is 28.4. The summed E-state index contributed by atoms with van der Waals surface area (Å²) >= 11 is 0. The topological polar surface area (TPSA) is 32.3 Å². The summed E-state index contributed by atoms with van der Waals surface area (Å²) in [6.45, 7) is 13.0. The van der Waals surface area contributed by atoms with Crippen molar-refractivity contribution in [2.24, 2.45) is 17.3 Å². The van der Waals surface area contributed by atoms with Crippen LogP contribution in [-0.4, -0.2) is 36.0 Å². The van der Waals surface area contributed by atoms with Crippen LogP contribution in [0.2, 0.25) is 0 Å². The molecular formula is C19H36N2O. The smallest absolute Gasteiger partial charge is 0.225 e. The summed E-state index contributed by atoms with van der Waals surface area (Å²) in [6.07, 6.45) is 7.86. The molecule has 1 saturated carbocycles. The van der Waals surface area contributed by atoms with Crippen LogP contribution in [0.15, 0.2) is 0 Å². The monoisotopic (exact) mass is 308 g/mol. The minimum absolute atomic E-state index is 0.202. The average molecular weight is 309 g/mol. The standard InChI is InChI=1S/C19H36N2O/c1-6-7-8-15-11-17(20-18(22)19(3,4)5)13-21(12-15)14(2)16-9-10-16/h14-17H,6-13H2,1-5H3,(H,20,22). The van der Waals surface area contributed by atoms with E-state index >= 15 is 0 Å². The lowest BCUT2D eigenvalue weighted by Crippen LogP contribution is -2.55. The second-order valence-corrected chi connectivity index (χ2v) is 8.70. The van der Waals surface area contributed by atoms with Crippen molar-refractivity contribution in [1.82, 2.24) is 10.2 Å². The van der Waals surface area contributed by atoms with Crippen molar-refractivity contribution in [3.05, 3.63) is 0 Å². The number of unbranched alkanes of at least 4 members (excludes halogenated alkanes) is 1. The number of amides is 1. The highest BCUT2D eigenvalue weighted by Gasteiger charge is 2.37. The molecule has 2 aliphatic rings. The van der Waals surface area contributed by atoms with Gasteiger partial charge in [-0.1, -0.05) is 40.5 Å². The van der Waals surface area contributed by atoms with Crippen molar-refractivity contribution in [1.29, 1.82) is 0 Å². The number of nitrogens with one attached hydrogen (secondary N) is 1. The van der Waals surface area contributed by atoms with E-state index in [1.54, 1.807) is 0 Å². The molecule has 1 amide bonds. The Balaban J connectivity index is 1.96. The first kappa shape index (κ1) is 17.8. The zero-order valence-corrected chi connectivity index (χ0v) is 15.3. The molecule has 3 heteroatoms. The zero-order valence-electron chi connectivity index (χ0n) is 15.3. The first-order valence-electron chi connectivity index (χ1n) is 9.36. The highest BCUT2D eigenvalue weighted by Crippen LogP contribution is 2.37. The van der Waals surface area contributed by atoms with E-state index < -0.39 is 0 Å². The summed E-state index contributed by atoms with van der Waals surface area (Å²) < 4.78 is 0. The van der Waals surface area contributed by atoms with E-state index in [0.717, 1.165) is 24.8 Å². The third kappa shape index (κ3) is 4.97. The third-order valence-electron chi connectivity index (χ3n) is 5.43. The lowest BCUT2D eigenvalue weighted by molar-refractivity contribution is -0.129. The third-order valence-corrected chi connectivity index (χ3v) is 5.43. The predicted octanol–water partition coefficient (Wildman–Crippen LogP) is 3.83. The Hall–Kier alpha value is -0.570. The molecule has 0 aromatic carbocycles. The minimum Gasteiger partial charge on any atom is -0.352 e. The zero-order chi connectivity index (χ0) is 16.3. The van der Waals surface area contributed by atoms with Gasteiger partial charge in [0.1, 0.15) is 0 Å². The van der Waals surface area contributed by atoms with Gasteiger partial charge < -0.3 is 5.32 Å². The maximum absolute atomic E-state index is 12.3. The van der Waals surface area contributed by atoms with Gasteiger partial charge >= 0.3 is 0 Å². The first-order valence-corrected chi connectivity index (χ1v) is 9.36. The van der Waals surface area contributed by atoms with Gasteiger partial charge in [0.05, 0.1) is 0 Å². The summed E-state index contributed by atoms with van der Waals surface area (Å²) in [5.74, 6) is 1.86. The second-order valence-electron chi connectivity index (χ2n) is 8.70. The Bertz CT molecular complexity index is 370. The number of rotatable bonds is 6. The van der Waals surface area contributed by atoms with Crippen LogP contribution in [0.3, 0.4) is 0 Å². The Morgan fingerprint density at radius 3 is 2.50 bits per heavy atom. The molecular weight excluding hydrogens is 272 g/mol. The molecule has 1 heterocycles. The highest BCUT2D eigenvalue weighted by molar-refractivity contribution is 5.81. The molecule has 22 heavy (non-hydrogen) atoms. The van der Waals surface area contributed by atoms with E-state index in [1.807, 2.05) is 20.8 Å². The summed E-state index contributed by atoms with van der Waals surface area (Å²) in [5.41, 5.74) is -0.288. The second kappa shape index (κ2) is 7.33. The van der Waals surface area contributed by atoms with E-state index in [2.05, 4.69) is 24.1 Å². The van der Waals surface area contributed by atoms with Gasteiger partial charge in [-0.2, -0.15) is 0 Å². The predicted molar refractivity (Wildman–Crippen MR) is 92.8 cm³/mol. The molecule has 1 aliphatic carbocycles. The van der Waals surface area contributed by atoms with E-state index in [1.165, 1.54) is 38.6 Å². The minimum atomic E-state index is -0.288. The van der Waals surface area contributed by atoms with Gasteiger partial charge in [0.15, 0.2) is 0 Å². The van der Waals surface area contributed by atoms with Crippen molar-refractivity contribution in [2.45, 2.75) is 85.2 Å². The van der Waals surface area contributed by atoms with Crippen LogP contribution < -0.4 is 5.32 Å². The fraction of sp³-hybridized carbons (Fsp3) is 0.947. The Morgan fingerprint density at radius 1 is 1.27 bits per heavy atom. The molecule has 0 aromatic rings. The molecule has 1 aliphatic heterocycles. The number of carbonyl (C=O) groups excluding carboxylic acids is 1. The SMILES string of the molecule is CCCCC1CC(NC(=O)C(C)(C)C)CN(C(C)C2CC2)C1. The lowest BCUT2D eigenvalue weighted by atomic mass is 9.87. The molecule has 3 unspecified atom stereocenters. The maximum atomic E-state index is 12.3. The van der Waals surface area contributed by atoms with Crippen LogP contribution in [0.1, 0.15) is 73.1 Å². The van der Waals surface area contributed by atoms with Crippen LogP contribution in [0.25, 0.3) is 0 Å². The Labute approximate surface area is 137 Å². The Morgan fingerprint density at radius 2 is 1.95 bits per heavy atom. The van der Waals surface area contributed by atoms with Crippen molar-refractivity contribution in [3.63, 3.8) is 0 Å². The molecule has 1 saturated heterocycles. The van der Waals surface area contributed by atoms with E-state index in [9.17, 15) is 4.79 Å². The number of hydrogen-bond donors (Lipinski definition) is 1. The largest absolute Gasteiger partial charge is 0.352 e. The van der Waals surface area contributed by atoms with Crippen molar-refractivity contribution < 1.29 is 4.79 Å². The van der Waals surface area contributed by atoms with Crippen LogP contribution in [0, 0.1) is 17.3 Å². The van der Waals surface area contributed by atoms with Gasteiger partial charge in [-0.15, -0.1) is 0 Å². The number of carbonyl (C=O) groups is 1. The number of piperidine rings is 1. The number of hydrogen-bond acceptors (Lipinski definition) is 2. The van der Waals surface area contributed by atoms with E-state index in [4.69, 9.17) is 0 Å². The fourth-order valence-electron chi connectivity index (χ4n) is 3.66. The van der Waals surface area contributed by atoms with Crippen molar-refractivity contribution in [3.8, 4) is 0 Å². The molecule has 0 aromatic heterocycles. The summed E-state index contributed by atoms with van der Waals surface area (Å²) in [4.78, 5) is 15.0. The van der Waals surface area contributed by atoms with Gasteiger partial charge in [0, 0.05) is 30.6 Å². The molecule has 0 radical (unpaired) electrons. The number of nitrogens with zero attached hydrogens (tertiary/aromatic N) is 1. The Kier molecular flexibility index (Phi) is 5.93. The molecule has 0 spiro atoms. The maximum Gasteiger partial charge on any atom is 0.225 e. The molecule has 2 fully saturated rings. The molecule has 3 nitrogen and oxygen atoms in total. The van der Waals surface area contributed by atoms with Crippen LogP contribution in [-0.2, 0) is 4.79 Å². The summed E-state index contributed by atoms with van der Waals surface area (Å²) in [6, 6.07) is 1.03. The molecule has 128 valence electrons. The molecule has 1 N–H and O–H groups in total. The highest BCUT2D eigenvalue weighted by atomic mass is 16.2. The number of likely N-dealkylation sites (tertiary alicyclic amines) is 1. The summed E-state index contributed by atoms with van der Waals surface area (Å²) in [5, 5.41) is 3.33.